The molecule has 102 valence electrons. The van der Waals surface area contributed by atoms with Crippen LogP contribution in [0, 0.1) is 11.6 Å². The molecule has 0 aliphatic heterocycles. The molecule has 0 fully saturated rings. The molecule has 1 N–H and O–H groups in total. The van der Waals surface area contributed by atoms with Crippen molar-refractivity contribution in [2.24, 2.45) is 0 Å². The Balaban J connectivity index is 1.97. The van der Waals surface area contributed by atoms with Crippen LogP contribution in [0.5, 0.6) is 0 Å². The van der Waals surface area contributed by atoms with Crippen LogP contribution in [0.2, 0.25) is 0 Å². The molecule has 0 aliphatic rings. The van der Waals surface area contributed by atoms with E-state index in [1.54, 1.807) is 0 Å². The van der Waals surface area contributed by atoms with Gasteiger partial charge in [0.25, 0.3) is 0 Å². The van der Waals surface area contributed by atoms with Gasteiger partial charge in [-0.05, 0) is 30.7 Å². The highest BCUT2D eigenvalue weighted by molar-refractivity contribution is 5.20. The third-order valence-corrected chi connectivity index (χ3v) is 2.55. The van der Waals surface area contributed by atoms with Crippen LogP contribution in [-0.2, 0) is 13.0 Å². The first-order chi connectivity index (χ1) is 9.19. The molecule has 0 saturated heterocycles. The van der Waals surface area contributed by atoms with Crippen molar-refractivity contribution in [2.75, 3.05) is 6.54 Å². The van der Waals surface area contributed by atoms with Gasteiger partial charge in [-0.1, -0.05) is 13.0 Å². The third-order valence-electron chi connectivity index (χ3n) is 2.55. The molecule has 0 radical (unpaired) electrons. The predicted molar refractivity (Wildman–Crippen MR) is 65.5 cm³/mol. The first-order valence-electron chi connectivity index (χ1n) is 6.15. The largest absolute Gasteiger partial charge is 0.424 e. The zero-order chi connectivity index (χ0) is 13.7. The summed E-state index contributed by atoms with van der Waals surface area (Å²) in [5.41, 5.74) is 0.593. The van der Waals surface area contributed by atoms with Gasteiger partial charge in [-0.3, -0.25) is 0 Å². The predicted octanol–water partition coefficient (Wildman–Crippen LogP) is 2.44. The molecule has 19 heavy (non-hydrogen) atoms. The van der Waals surface area contributed by atoms with Crippen LogP contribution >= 0.6 is 0 Å². The topological polar surface area (TPSA) is 51.0 Å². The van der Waals surface area contributed by atoms with E-state index < -0.39 is 11.6 Å². The lowest BCUT2D eigenvalue weighted by Gasteiger charge is -1.99. The fourth-order valence-electron chi connectivity index (χ4n) is 1.63. The Kier molecular flexibility index (Phi) is 4.57. The molecule has 0 saturated carbocycles. The van der Waals surface area contributed by atoms with Gasteiger partial charge in [-0.15, -0.1) is 10.2 Å². The fraction of sp³-hybridized carbons (Fsp3) is 0.385. The molecular weight excluding hydrogens is 252 g/mol. The number of aromatic nitrogens is 2. The molecule has 6 heteroatoms. The monoisotopic (exact) mass is 267 g/mol. The molecule has 0 unspecified atom stereocenters. The number of benzene rings is 1. The van der Waals surface area contributed by atoms with Gasteiger partial charge in [0.15, 0.2) is 11.6 Å². The second kappa shape index (κ2) is 6.38. The van der Waals surface area contributed by atoms with Crippen molar-refractivity contribution in [1.82, 2.24) is 15.5 Å². The highest BCUT2D eigenvalue weighted by atomic mass is 19.2. The Bertz CT molecular complexity index is 542. The van der Waals surface area contributed by atoms with Crippen LogP contribution in [0.1, 0.15) is 30.7 Å². The lowest BCUT2D eigenvalue weighted by atomic mass is 10.1. The average Bonchev–Trinajstić information content (AvgIpc) is 2.82. The van der Waals surface area contributed by atoms with Gasteiger partial charge in [0.2, 0.25) is 11.8 Å². The van der Waals surface area contributed by atoms with Crippen molar-refractivity contribution in [3.05, 3.63) is 47.2 Å². The number of hydrogen-bond acceptors (Lipinski definition) is 4. The van der Waals surface area contributed by atoms with E-state index in [9.17, 15) is 8.78 Å². The molecule has 1 heterocycles. The molecular formula is C13H15F2N3O. The minimum Gasteiger partial charge on any atom is -0.424 e. The van der Waals surface area contributed by atoms with Crippen molar-refractivity contribution in [2.45, 2.75) is 26.3 Å². The Hall–Kier alpha value is -1.82. The first kappa shape index (κ1) is 13.6. The Morgan fingerprint density at radius 1 is 1.16 bits per heavy atom. The summed E-state index contributed by atoms with van der Waals surface area (Å²) in [5, 5.41) is 10.9. The highest BCUT2D eigenvalue weighted by Crippen LogP contribution is 2.12. The lowest BCUT2D eigenvalue weighted by molar-refractivity contribution is 0.438. The van der Waals surface area contributed by atoms with Gasteiger partial charge in [-0.2, -0.15) is 0 Å². The minimum atomic E-state index is -0.873. The van der Waals surface area contributed by atoms with Gasteiger partial charge >= 0.3 is 0 Å². The van der Waals surface area contributed by atoms with Gasteiger partial charge in [0.05, 0.1) is 13.0 Å². The summed E-state index contributed by atoms with van der Waals surface area (Å²) >= 11 is 0. The number of hydrogen-bond donors (Lipinski definition) is 1. The van der Waals surface area contributed by atoms with Gasteiger partial charge < -0.3 is 9.73 Å². The zero-order valence-electron chi connectivity index (χ0n) is 10.6. The van der Waals surface area contributed by atoms with Crippen molar-refractivity contribution in [3.8, 4) is 0 Å². The third kappa shape index (κ3) is 3.82. The summed E-state index contributed by atoms with van der Waals surface area (Å²) in [7, 11) is 0. The molecule has 0 bridgehead atoms. The number of halogens is 2. The van der Waals surface area contributed by atoms with E-state index in [1.165, 1.54) is 6.07 Å². The quantitative estimate of drug-likeness (QED) is 0.817. The minimum absolute atomic E-state index is 0.290. The number of nitrogens with one attached hydrogen (secondary N) is 1. The van der Waals surface area contributed by atoms with Crippen LogP contribution in [0.15, 0.2) is 22.6 Å². The summed E-state index contributed by atoms with van der Waals surface area (Å²) in [6, 6.07) is 3.72. The van der Waals surface area contributed by atoms with Crippen LogP contribution < -0.4 is 5.32 Å². The number of nitrogens with zero attached hydrogens (tertiary/aromatic N) is 2. The van der Waals surface area contributed by atoms with E-state index in [4.69, 9.17) is 4.42 Å². The average molecular weight is 267 g/mol. The zero-order valence-corrected chi connectivity index (χ0v) is 10.6. The summed E-state index contributed by atoms with van der Waals surface area (Å²) in [6.45, 7) is 3.45. The van der Waals surface area contributed by atoms with Gasteiger partial charge in [0.1, 0.15) is 0 Å². The smallest absolute Gasteiger partial charge is 0.230 e. The van der Waals surface area contributed by atoms with Crippen molar-refractivity contribution >= 4 is 0 Å². The summed E-state index contributed by atoms with van der Waals surface area (Å²) in [4.78, 5) is 0. The van der Waals surface area contributed by atoms with E-state index in [2.05, 4.69) is 22.4 Å². The molecule has 0 spiro atoms. The first-order valence-corrected chi connectivity index (χ1v) is 6.15. The fourth-order valence-corrected chi connectivity index (χ4v) is 1.63. The summed E-state index contributed by atoms with van der Waals surface area (Å²) in [6.07, 6.45) is 1.31. The second-order valence-corrected chi connectivity index (χ2v) is 4.19. The van der Waals surface area contributed by atoms with Crippen molar-refractivity contribution in [3.63, 3.8) is 0 Å². The lowest BCUT2D eigenvalue weighted by Crippen LogP contribution is -2.13. The van der Waals surface area contributed by atoms with E-state index in [1.807, 2.05) is 0 Å². The Morgan fingerprint density at radius 3 is 2.68 bits per heavy atom. The molecule has 0 amide bonds. The Morgan fingerprint density at radius 2 is 1.95 bits per heavy atom. The maximum Gasteiger partial charge on any atom is 0.230 e. The molecule has 4 nitrogen and oxygen atoms in total. The van der Waals surface area contributed by atoms with Crippen molar-refractivity contribution < 1.29 is 13.2 Å². The SMILES string of the molecule is CCCNCc1nnc(Cc2ccc(F)c(F)c2)o1. The maximum atomic E-state index is 13.0. The maximum absolute atomic E-state index is 13.0. The van der Waals surface area contributed by atoms with Crippen molar-refractivity contribution in [1.29, 1.82) is 0 Å². The van der Waals surface area contributed by atoms with E-state index in [0.717, 1.165) is 25.1 Å². The molecule has 0 aliphatic carbocycles. The summed E-state index contributed by atoms with van der Waals surface area (Å²) < 4.78 is 31.2. The van der Waals surface area contributed by atoms with E-state index in [-0.39, 0.29) is 6.42 Å². The van der Waals surface area contributed by atoms with Gasteiger partial charge in [-0.25, -0.2) is 8.78 Å². The Labute approximate surface area is 109 Å². The second-order valence-electron chi connectivity index (χ2n) is 4.19. The van der Waals surface area contributed by atoms with Gasteiger partial charge in [0, 0.05) is 0 Å². The van der Waals surface area contributed by atoms with Crippen LogP contribution in [0.3, 0.4) is 0 Å². The van der Waals surface area contributed by atoms with Crippen LogP contribution in [-0.4, -0.2) is 16.7 Å². The molecule has 0 atom stereocenters. The van der Waals surface area contributed by atoms with E-state index in [0.29, 0.717) is 23.9 Å². The number of rotatable bonds is 6. The summed E-state index contributed by atoms with van der Waals surface area (Å²) in [5.74, 6) is -0.856. The molecule has 2 aromatic rings. The standard InChI is InChI=1S/C13H15F2N3O/c1-2-5-16-8-13-18-17-12(19-13)7-9-3-4-10(14)11(15)6-9/h3-4,6,16H,2,5,7-8H2,1H3. The molecule has 1 aromatic heterocycles. The van der Waals surface area contributed by atoms with Crippen LogP contribution in [0.4, 0.5) is 8.78 Å². The normalized spacial score (nSPS) is 10.9. The van der Waals surface area contributed by atoms with E-state index >= 15 is 0 Å². The molecule has 2 rings (SSSR count). The highest BCUT2D eigenvalue weighted by Gasteiger charge is 2.08. The van der Waals surface area contributed by atoms with Crippen LogP contribution in [0.25, 0.3) is 0 Å². The molecule has 1 aromatic carbocycles.